The molecule has 0 bridgehead atoms. The molecule has 1 aliphatic rings. The average molecular weight is 627 g/mol. The number of nitrogens with zero attached hydrogens (tertiary/aromatic N) is 3. The number of likely N-dealkylation sites (N-methyl/N-ethyl adjacent to an activating group) is 1. The number of hydrogen-bond donors (Lipinski definition) is 2. The molecule has 230 valence electrons. The number of piperidine rings is 1. The standard InChI is InChI=1S/C32H39ClN4O5S/c1-3-36(31(38)22-24-12-14-29(15-13-24)43(2,41)42)28-16-19-35(20-17-28)21-18-30(25-8-5-4-6-9-25)37(32(39)40)34-27-11-7-10-26(33)23-27/h4-15,23,28,30,34H,3,16-22H2,1-2H3,(H,39,40). The number of rotatable bonds is 12. The highest BCUT2D eigenvalue weighted by Gasteiger charge is 2.30. The molecular formula is C32H39ClN4O5S. The highest BCUT2D eigenvalue weighted by Crippen LogP contribution is 2.28. The number of carbonyl (C=O) groups is 2. The van der Waals surface area contributed by atoms with Crippen molar-refractivity contribution in [2.24, 2.45) is 0 Å². The Morgan fingerprint density at radius 2 is 1.70 bits per heavy atom. The Balaban J connectivity index is 1.36. The molecule has 1 aliphatic heterocycles. The summed E-state index contributed by atoms with van der Waals surface area (Å²) in [5, 5.41) is 11.9. The number of hydrazine groups is 1. The van der Waals surface area contributed by atoms with Gasteiger partial charge in [0.2, 0.25) is 5.91 Å². The first-order valence-electron chi connectivity index (χ1n) is 14.4. The second-order valence-corrected chi connectivity index (χ2v) is 13.3. The molecular weight excluding hydrogens is 588 g/mol. The summed E-state index contributed by atoms with van der Waals surface area (Å²) < 4.78 is 23.5. The van der Waals surface area contributed by atoms with Gasteiger partial charge >= 0.3 is 6.09 Å². The Morgan fingerprint density at radius 3 is 2.28 bits per heavy atom. The third-order valence-corrected chi connectivity index (χ3v) is 9.22. The molecule has 2 amide bonds. The van der Waals surface area contributed by atoms with Crippen LogP contribution in [0.15, 0.2) is 83.8 Å². The van der Waals surface area contributed by atoms with E-state index in [0.29, 0.717) is 30.2 Å². The van der Waals surface area contributed by atoms with E-state index in [2.05, 4.69) is 10.3 Å². The van der Waals surface area contributed by atoms with Crippen LogP contribution >= 0.6 is 11.6 Å². The highest BCUT2D eigenvalue weighted by molar-refractivity contribution is 7.90. The van der Waals surface area contributed by atoms with Crippen molar-refractivity contribution in [1.82, 2.24) is 14.8 Å². The van der Waals surface area contributed by atoms with Gasteiger partial charge in [0.1, 0.15) is 0 Å². The van der Waals surface area contributed by atoms with Crippen LogP contribution in [0.1, 0.15) is 43.4 Å². The molecule has 4 rings (SSSR count). The fraction of sp³-hybridized carbons (Fsp3) is 0.375. The molecule has 2 N–H and O–H groups in total. The van der Waals surface area contributed by atoms with Gasteiger partial charge in [-0.15, -0.1) is 0 Å². The molecule has 0 radical (unpaired) electrons. The monoisotopic (exact) mass is 626 g/mol. The largest absolute Gasteiger partial charge is 0.464 e. The molecule has 1 atom stereocenters. The summed E-state index contributed by atoms with van der Waals surface area (Å²) in [5.74, 6) is 0.0291. The molecule has 1 heterocycles. The molecule has 1 saturated heterocycles. The van der Waals surface area contributed by atoms with E-state index < -0.39 is 22.0 Å². The molecule has 1 unspecified atom stereocenters. The van der Waals surface area contributed by atoms with Crippen molar-refractivity contribution >= 4 is 39.1 Å². The zero-order valence-corrected chi connectivity index (χ0v) is 26.1. The second kappa shape index (κ2) is 14.7. The number of likely N-dealkylation sites (tertiary alicyclic amines) is 1. The van der Waals surface area contributed by atoms with E-state index in [1.807, 2.05) is 42.2 Å². The molecule has 0 aliphatic carbocycles. The predicted molar refractivity (Wildman–Crippen MR) is 169 cm³/mol. The van der Waals surface area contributed by atoms with E-state index in [1.54, 1.807) is 48.5 Å². The number of carboxylic acid groups (broad SMARTS) is 1. The Labute approximate surface area is 258 Å². The van der Waals surface area contributed by atoms with Crippen molar-refractivity contribution in [2.45, 2.75) is 49.6 Å². The van der Waals surface area contributed by atoms with Gasteiger partial charge in [-0.1, -0.05) is 60.1 Å². The Bertz CT molecular complexity index is 1480. The van der Waals surface area contributed by atoms with E-state index in [9.17, 15) is 23.1 Å². The van der Waals surface area contributed by atoms with Crippen LogP contribution in [0.25, 0.3) is 0 Å². The first kappa shape index (κ1) is 32.3. The minimum absolute atomic E-state index is 0.0291. The lowest BCUT2D eigenvalue weighted by atomic mass is 9.99. The number of halogens is 1. The van der Waals surface area contributed by atoms with E-state index in [0.717, 1.165) is 37.1 Å². The van der Waals surface area contributed by atoms with Crippen LogP contribution in [0.4, 0.5) is 10.5 Å². The van der Waals surface area contributed by atoms with Crippen LogP contribution in [0.2, 0.25) is 5.02 Å². The van der Waals surface area contributed by atoms with Gasteiger partial charge in [0.05, 0.1) is 23.0 Å². The minimum atomic E-state index is -3.28. The van der Waals surface area contributed by atoms with Gasteiger partial charge in [-0.25, -0.2) is 18.2 Å². The van der Waals surface area contributed by atoms with Crippen molar-refractivity contribution in [3.8, 4) is 0 Å². The molecule has 1 fully saturated rings. The van der Waals surface area contributed by atoms with Gasteiger partial charge < -0.3 is 14.9 Å². The van der Waals surface area contributed by atoms with Crippen LogP contribution in [0, 0.1) is 0 Å². The van der Waals surface area contributed by atoms with Crippen LogP contribution in [-0.2, 0) is 21.1 Å². The number of hydrogen-bond acceptors (Lipinski definition) is 6. The Morgan fingerprint density at radius 1 is 1.02 bits per heavy atom. The zero-order chi connectivity index (χ0) is 31.0. The maximum atomic E-state index is 13.2. The second-order valence-electron chi connectivity index (χ2n) is 10.8. The van der Waals surface area contributed by atoms with Crippen molar-refractivity contribution in [3.63, 3.8) is 0 Å². The first-order valence-corrected chi connectivity index (χ1v) is 16.7. The molecule has 9 nitrogen and oxygen atoms in total. The predicted octanol–water partition coefficient (Wildman–Crippen LogP) is 5.74. The SMILES string of the molecule is CCN(C(=O)Cc1ccc(S(C)(=O)=O)cc1)C1CCN(CCC(c2ccccc2)N(Nc2cccc(Cl)c2)C(=O)O)CC1. The van der Waals surface area contributed by atoms with Crippen molar-refractivity contribution < 1.29 is 23.1 Å². The topological polar surface area (TPSA) is 110 Å². The molecule has 3 aromatic carbocycles. The van der Waals surface area contributed by atoms with E-state index >= 15 is 0 Å². The van der Waals surface area contributed by atoms with Gasteiger partial charge in [-0.3, -0.25) is 10.2 Å². The smallest absolute Gasteiger partial charge is 0.426 e. The molecule has 3 aromatic rings. The zero-order valence-electron chi connectivity index (χ0n) is 24.5. The summed E-state index contributed by atoms with van der Waals surface area (Å²) in [6.07, 6.45) is 2.53. The third kappa shape index (κ3) is 8.95. The fourth-order valence-electron chi connectivity index (χ4n) is 5.60. The summed E-state index contributed by atoms with van der Waals surface area (Å²) in [5.41, 5.74) is 5.30. The quantitative estimate of drug-likeness (QED) is 0.247. The number of sulfone groups is 1. The molecule has 0 saturated carbocycles. The summed E-state index contributed by atoms with van der Waals surface area (Å²) >= 11 is 6.13. The average Bonchev–Trinajstić information content (AvgIpc) is 2.98. The van der Waals surface area contributed by atoms with Gasteiger partial charge in [0.25, 0.3) is 0 Å². The molecule has 0 aromatic heterocycles. The van der Waals surface area contributed by atoms with Gasteiger partial charge in [0.15, 0.2) is 9.84 Å². The van der Waals surface area contributed by atoms with Gasteiger partial charge in [0, 0.05) is 43.5 Å². The summed E-state index contributed by atoms with van der Waals surface area (Å²) in [7, 11) is -3.28. The van der Waals surface area contributed by atoms with Crippen LogP contribution in [-0.4, -0.2) is 78.8 Å². The van der Waals surface area contributed by atoms with Crippen molar-refractivity contribution in [3.05, 3.63) is 95.0 Å². The molecule has 43 heavy (non-hydrogen) atoms. The van der Waals surface area contributed by atoms with Crippen LogP contribution in [0.3, 0.4) is 0 Å². The van der Waals surface area contributed by atoms with Gasteiger partial charge in [-0.05, 0) is 67.6 Å². The van der Waals surface area contributed by atoms with Gasteiger partial charge in [-0.2, -0.15) is 0 Å². The van der Waals surface area contributed by atoms with Crippen molar-refractivity contribution in [1.29, 1.82) is 0 Å². The number of amides is 2. The molecule has 0 spiro atoms. The first-order chi connectivity index (χ1) is 20.5. The maximum absolute atomic E-state index is 13.2. The van der Waals surface area contributed by atoms with Crippen LogP contribution in [0.5, 0.6) is 0 Å². The Kier molecular flexibility index (Phi) is 11.1. The number of carbonyl (C=O) groups excluding carboxylic acids is 1. The number of nitrogens with one attached hydrogen (secondary N) is 1. The normalized spacial score (nSPS) is 15.0. The lowest BCUT2D eigenvalue weighted by Gasteiger charge is -2.39. The third-order valence-electron chi connectivity index (χ3n) is 7.86. The lowest BCUT2D eigenvalue weighted by molar-refractivity contribution is -0.133. The fourth-order valence-corrected chi connectivity index (χ4v) is 6.43. The molecule has 11 heteroatoms. The summed E-state index contributed by atoms with van der Waals surface area (Å²) in [4.78, 5) is 30.1. The number of benzene rings is 3. The van der Waals surface area contributed by atoms with E-state index in [-0.39, 0.29) is 23.3 Å². The van der Waals surface area contributed by atoms with Crippen molar-refractivity contribution in [2.75, 3.05) is 37.9 Å². The minimum Gasteiger partial charge on any atom is -0.464 e. The summed E-state index contributed by atoms with van der Waals surface area (Å²) in [6, 6.07) is 22.8. The van der Waals surface area contributed by atoms with Crippen LogP contribution < -0.4 is 5.43 Å². The Hall–Kier alpha value is -3.60. The maximum Gasteiger partial charge on any atom is 0.426 e. The highest BCUT2D eigenvalue weighted by atomic mass is 35.5. The number of anilines is 1. The lowest BCUT2D eigenvalue weighted by Crippen LogP contribution is -2.48. The van der Waals surface area contributed by atoms with E-state index in [1.165, 1.54) is 11.3 Å². The van der Waals surface area contributed by atoms with E-state index in [4.69, 9.17) is 11.6 Å². The summed E-state index contributed by atoms with van der Waals surface area (Å²) in [6.45, 7) is 4.88.